The van der Waals surface area contributed by atoms with Gasteiger partial charge in [0.2, 0.25) is 0 Å². The zero-order valence-electron chi connectivity index (χ0n) is 6.92. The minimum atomic E-state index is -0.664. The predicted molar refractivity (Wildman–Crippen MR) is 44.6 cm³/mol. The molecular formula is C10H8FNO. The Balaban J connectivity index is 2.54. The molecule has 1 fully saturated rings. The van der Waals surface area contributed by atoms with Gasteiger partial charge in [-0.15, -0.1) is 0 Å². The van der Waals surface area contributed by atoms with Crippen LogP contribution in [0.3, 0.4) is 0 Å². The summed E-state index contributed by atoms with van der Waals surface area (Å²) >= 11 is 0. The summed E-state index contributed by atoms with van der Waals surface area (Å²) in [5.41, 5.74) is -0.335. The molecule has 0 amide bonds. The molecule has 1 aromatic carbocycles. The van der Waals surface area contributed by atoms with Crippen LogP contribution < -0.4 is 0 Å². The van der Waals surface area contributed by atoms with Crippen molar-refractivity contribution in [2.24, 2.45) is 0 Å². The van der Waals surface area contributed by atoms with E-state index < -0.39 is 11.2 Å². The number of rotatable bonds is 1. The molecule has 0 unspecified atom stereocenters. The van der Waals surface area contributed by atoms with Gasteiger partial charge >= 0.3 is 0 Å². The third-order valence-electron chi connectivity index (χ3n) is 2.46. The maximum atomic E-state index is 13.3. The molecule has 0 atom stereocenters. The zero-order valence-corrected chi connectivity index (χ0v) is 6.92. The van der Waals surface area contributed by atoms with Gasteiger partial charge in [-0.3, -0.25) is 0 Å². The molecule has 2 rings (SSSR count). The summed E-state index contributed by atoms with van der Waals surface area (Å²) in [6, 6.07) is 6.49. The fourth-order valence-electron chi connectivity index (χ4n) is 1.46. The summed E-state index contributed by atoms with van der Waals surface area (Å²) in [7, 11) is 0. The number of aromatic hydroxyl groups is 1. The van der Waals surface area contributed by atoms with Gasteiger partial charge in [0.05, 0.1) is 11.5 Å². The summed E-state index contributed by atoms with van der Waals surface area (Å²) in [5.74, 6) is -1.03. The average molecular weight is 177 g/mol. The third-order valence-corrected chi connectivity index (χ3v) is 2.46. The van der Waals surface area contributed by atoms with E-state index in [9.17, 15) is 4.39 Å². The molecule has 0 saturated heterocycles. The van der Waals surface area contributed by atoms with Gasteiger partial charge in [0, 0.05) is 5.56 Å². The standard InChI is InChI=1S/C10H8FNO/c11-9-7(2-1-3-8(9)13)10(6-12)4-5-10/h1-3,13H,4-5H2. The highest BCUT2D eigenvalue weighted by Gasteiger charge is 2.47. The lowest BCUT2D eigenvalue weighted by molar-refractivity contribution is 0.426. The van der Waals surface area contributed by atoms with Gasteiger partial charge in [-0.1, -0.05) is 12.1 Å². The molecule has 0 aromatic heterocycles. The molecular weight excluding hydrogens is 169 g/mol. The van der Waals surface area contributed by atoms with E-state index in [0.717, 1.165) is 0 Å². The summed E-state index contributed by atoms with van der Waals surface area (Å²) in [5, 5.41) is 17.9. The third kappa shape index (κ3) is 1.06. The number of phenols is 1. The summed E-state index contributed by atoms with van der Waals surface area (Å²) in [4.78, 5) is 0. The molecule has 3 heteroatoms. The van der Waals surface area contributed by atoms with E-state index >= 15 is 0 Å². The monoisotopic (exact) mass is 177 g/mol. The van der Waals surface area contributed by atoms with Crippen LogP contribution in [-0.2, 0) is 5.41 Å². The van der Waals surface area contributed by atoms with E-state index in [0.29, 0.717) is 18.4 Å². The first kappa shape index (κ1) is 8.06. The van der Waals surface area contributed by atoms with Crippen LogP contribution in [-0.4, -0.2) is 5.11 Å². The van der Waals surface area contributed by atoms with E-state index in [2.05, 4.69) is 6.07 Å². The molecule has 1 aliphatic rings. The van der Waals surface area contributed by atoms with Gasteiger partial charge in [0.1, 0.15) is 0 Å². The van der Waals surface area contributed by atoms with Crippen LogP contribution in [0.4, 0.5) is 4.39 Å². The second kappa shape index (κ2) is 2.46. The van der Waals surface area contributed by atoms with Crippen molar-refractivity contribution in [1.82, 2.24) is 0 Å². The molecule has 0 spiro atoms. The number of hydrogen-bond donors (Lipinski definition) is 1. The van der Waals surface area contributed by atoms with Crippen molar-refractivity contribution in [3.63, 3.8) is 0 Å². The van der Waals surface area contributed by atoms with Gasteiger partial charge < -0.3 is 5.11 Å². The smallest absolute Gasteiger partial charge is 0.169 e. The lowest BCUT2D eigenvalue weighted by Gasteiger charge is -2.07. The molecule has 66 valence electrons. The van der Waals surface area contributed by atoms with Crippen molar-refractivity contribution in [2.75, 3.05) is 0 Å². The fourth-order valence-corrected chi connectivity index (χ4v) is 1.46. The first-order chi connectivity index (χ1) is 6.19. The maximum absolute atomic E-state index is 13.3. The highest BCUT2D eigenvalue weighted by Crippen LogP contribution is 2.49. The van der Waals surface area contributed by atoms with Crippen LogP contribution in [0.1, 0.15) is 18.4 Å². The number of nitriles is 1. The van der Waals surface area contributed by atoms with Crippen molar-refractivity contribution in [3.05, 3.63) is 29.6 Å². The number of benzene rings is 1. The molecule has 1 aliphatic carbocycles. The largest absolute Gasteiger partial charge is 0.505 e. The van der Waals surface area contributed by atoms with E-state index in [4.69, 9.17) is 10.4 Å². The second-order valence-corrected chi connectivity index (χ2v) is 3.33. The van der Waals surface area contributed by atoms with E-state index in [1.54, 1.807) is 12.1 Å². The fraction of sp³-hybridized carbons (Fsp3) is 0.300. The Hall–Kier alpha value is -1.56. The molecule has 1 aromatic rings. The van der Waals surface area contributed by atoms with Crippen molar-refractivity contribution < 1.29 is 9.50 Å². The molecule has 2 nitrogen and oxygen atoms in total. The van der Waals surface area contributed by atoms with Crippen molar-refractivity contribution in [1.29, 1.82) is 5.26 Å². The zero-order chi connectivity index (χ0) is 9.47. The van der Waals surface area contributed by atoms with E-state index in [1.807, 2.05) is 0 Å². The Morgan fingerprint density at radius 1 is 1.46 bits per heavy atom. The first-order valence-corrected chi connectivity index (χ1v) is 4.09. The number of phenolic OH excluding ortho intramolecular Hbond substituents is 1. The molecule has 1 N–H and O–H groups in total. The van der Waals surface area contributed by atoms with Crippen LogP contribution >= 0.6 is 0 Å². The highest BCUT2D eigenvalue weighted by molar-refractivity contribution is 5.43. The quantitative estimate of drug-likeness (QED) is 0.713. The van der Waals surface area contributed by atoms with Crippen molar-refractivity contribution in [2.45, 2.75) is 18.3 Å². The summed E-state index contributed by atoms with van der Waals surface area (Å²) in [6.07, 6.45) is 1.37. The van der Waals surface area contributed by atoms with E-state index in [1.165, 1.54) is 6.07 Å². The number of nitrogens with zero attached hydrogens (tertiary/aromatic N) is 1. The first-order valence-electron chi connectivity index (χ1n) is 4.09. The van der Waals surface area contributed by atoms with Crippen LogP contribution in [0.5, 0.6) is 5.75 Å². The second-order valence-electron chi connectivity index (χ2n) is 3.33. The molecule has 0 bridgehead atoms. The highest BCUT2D eigenvalue weighted by atomic mass is 19.1. The van der Waals surface area contributed by atoms with Gasteiger partial charge in [-0.2, -0.15) is 5.26 Å². The Bertz CT molecular complexity index is 390. The lowest BCUT2D eigenvalue weighted by Crippen LogP contribution is -2.05. The molecule has 13 heavy (non-hydrogen) atoms. The summed E-state index contributed by atoms with van der Waals surface area (Å²) in [6.45, 7) is 0. The van der Waals surface area contributed by atoms with Gasteiger partial charge in [0.15, 0.2) is 11.6 Å². The van der Waals surface area contributed by atoms with Crippen LogP contribution in [0.25, 0.3) is 0 Å². The normalized spacial score (nSPS) is 17.8. The minimum absolute atomic E-state index is 0.329. The van der Waals surface area contributed by atoms with Gasteiger partial charge in [-0.05, 0) is 18.9 Å². The SMILES string of the molecule is N#CC1(c2cccc(O)c2F)CC1. The number of hydrogen-bond acceptors (Lipinski definition) is 2. The Morgan fingerprint density at radius 3 is 2.69 bits per heavy atom. The van der Waals surface area contributed by atoms with Gasteiger partial charge in [0.25, 0.3) is 0 Å². The van der Waals surface area contributed by atoms with Crippen molar-refractivity contribution >= 4 is 0 Å². The van der Waals surface area contributed by atoms with Crippen LogP contribution in [0.2, 0.25) is 0 Å². The molecule has 0 aliphatic heterocycles. The molecule has 0 heterocycles. The van der Waals surface area contributed by atoms with Crippen LogP contribution in [0.15, 0.2) is 18.2 Å². The van der Waals surface area contributed by atoms with E-state index in [-0.39, 0.29) is 5.75 Å². The molecule has 1 saturated carbocycles. The van der Waals surface area contributed by atoms with Crippen LogP contribution in [0, 0.1) is 17.1 Å². The molecule has 0 radical (unpaired) electrons. The minimum Gasteiger partial charge on any atom is -0.505 e. The maximum Gasteiger partial charge on any atom is 0.169 e. The Labute approximate surface area is 75.2 Å². The number of halogens is 1. The summed E-state index contributed by atoms with van der Waals surface area (Å²) < 4.78 is 13.3. The Morgan fingerprint density at radius 2 is 2.15 bits per heavy atom. The topological polar surface area (TPSA) is 44.0 Å². The average Bonchev–Trinajstić information content (AvgIpc) is 2.90. The van der Waals surface area contributed by atoms with Gasteiger partial charge in [-0.25, -0.2) is 4.39 Å². The van der Waals surface area contributed by atoms with Crippen molar-refractivity contribution in [3.8, 4) is 11.8 Å². The lowest BCUT2D eigenvalue weighted by atomic mass is 9.97. The predicted octanol–water partition coefficient (Wildman–Crippen LogP) is 2.09. The Kier molecular flexibility index (Phi) is 1.53.